The van der Waals surface area contributed by atoms with E-state index in [9.17, 15) is 9.59 Å². The summed E-state index contributed by atoms with van der Waals surface area (Å²) in [4.78, 5) is 23.3. The summed E-state index contributed by atoms with van der Waals surface area (Å²) in [5, 5.41) is 15.5. The smallest absolute Gasteiger partial charge is 0.310 e. The molecule has 1 heterocycles. The maximum atomic E-state index is 11.9. The molecule has 0 saturated carbocycles. The zero-order chi connectivity index (χ0) is 13.8. The highest BCUT2D eigenvalue weighted by molar-refractivity contribution is 7.08. The number of hydrogen-bond acceptors (Lipinski definition) is 5. The number of carboxylic acids is 1. The van der Waals surface area contributed by atoms with E-state index >= 15 is 0 Å². The number of hydrogen-bond donors (Lipinski definition) is 2. The Bertz CT molecular complexity index is 442. The van der Waals surface area contributed by atoms with E-state index in [1.807, 2.05) is 6.92 Å². The first-order valence-corrected chi connectivity index (χ1v) is 6.48. The van der Waals surface area contributed by atoms with Crippen LogP contribution in [0.15, 0.2) is 0 Å². The van der Waals surface area contributed by atoms with Crippen LogP contribution in [-0.2, 0) is 11.2 Å². The Kier molecular flexibility index (Phi) is 4.77. The predicted octanol–water partition coefficient (Wildman–Crippen LogP) is 1.33. The largest absolute Gasteiger partial charge is 0.481 e. The van der Waals surface area contributed by atoms with Crippen molar-refractivity contribution < 1.29 is 14.7 Å². The highest BCUT2D eigenvalue weighted by Gasteiger charge is 2.28. The van der Waals surface area contributed by atoms with Gasteiger partial charge in [-0.05, 0) is 31.8 Å². The van der Waals surface area contributed by atoms with Crippen LogP contribution >= 0.6 is 11.5 Å². The molecule has 0 atom stereocenters. The van der Waals surface area contributed by atoms with Crippen LogP contribution in [0.1, 0.15) is 42.6 Å². The monoisotopic (exact) mass is 271 g/mol. The zero-order valence-electron chi connectivity index (χ0n) is 10.7. The molecule has 0 saturated heterocycles. The molecule has 7 heteroatoms. The van der Waals surface area contributed by atoms with Crippen LogP contribution in [0.4, 0.5) is 0 Å². The Labute approximate surface area is 110 Å². The highest BCUT2D eigenvalue weighted by atomic mass is 32.1. The normalized spacial score (nSPS) is 11.3. The average Bonchev–Trinajstić information content (AvgIpc) is 2.74. The number of carboxylic acid groups (broad SMARTS) is 1. The summed E-state index contributed by atoms with van der Waals surface area (Å²) in [6.45, 7) is 5.19. The molecule has 0 aliphatic rings. The Morgan fingerprint density at radius 3 is 2.67 bits per heavy atom. The third-order valence-electron chi connectivity index (χ3n) is 2.52. The second-order valence-corrected chi connectivity index (χ2v) is 5.42. The summed E-state index contributed by atoms with van der Waals surface area (Å²) in [5.41, 5.74) is -0.313. The minimum atomic E-state index is -0.987. The van der Waals surface area contributed by atoms with Crippen molar-refractivity contribution in [3.8, 4) is 0 Å². The number of aliphatic carboxylic acids is 1. The van der Waals surface area contributed by atoms with Gasteiger partial charge in [0, 0.05) is 6.54 Å². The average molecular weight is 271 g/mol. The first kappa shape index (κ1) is 14.6. The fraction of sp³-hybridized carbons (Fsp3) is 0.636. The van der Waals surface area contributed by atoms with Gasteiger partial charge in [0.1, 0.15) is 4.88 Å². The van der Waals surface area contributed by atoms with Crippen LogP contribution in [0, 0.1) is 5.41 Å². The summed E-state index contributed by atoms with van der Waals surface area (Å²) < 4.78 is 3.76. The lowest BCUT2D eigenvalue weighted by atomic mass is 9.94. The summed E-state index contributed by atoms with van der Waals surface area (Å²) in [7, 11) is 0. The molecule has 1 aromatic rings. The molecule has 2 N–H and O–H groups in total. The molecule has 6 nitrogen and oxygen atoms in total. The van der Waals surface area contributed by atoms with Crippen LogP contribution in [0.3, 0.4) is 0 Å². The van der Waals surface area contributed by atoms with Gasteiger partial charge in [0.2, 0.25) is 0 Å². The van der Waals surface area contributed by atoms with E-state index in [0.717, 1.165) is 18.0 Å². The molecule has 1 amide bonds. The summed E-state index contributed by atoms with van der Waals surface area (Å²) in [6.07, 6.45) is 1.58. The zero-order valence-corrected chi connectivity index (χ0v) is 11.5. The minimum Gasteiger partial charge on any atom is -0.481 e. The summed E-state index contributed by atoms with van der Waals surface area (Å²) in [6, 6.07) is 0. The van der Waals surface area contributed by atoms with E-state index in [2.05, 4.69) is 14.9 Å². The van der Waals surface area contributed by atoms with Gasteiger partial charge < -0.3 is 10.4 Å². The lowest BCUT2D eigenvalue weighted by molar-refractivity contribution is -0.146. The van der Waals surface area contributed by atoms with Gasteiger partial charge in [0.15, 0.2) is 0 Å². The van der Waals surface area contributed by atoms with E-state index in [1.165, 1.54) is 0 Å². The molecule has 1 rings (SSSR count). The molecule has 0 aliphatic carbocycles. The Morgan fingerprint density at radius 1 is 1.44 bits per heavy atom. The number of rotatable bonds is 6. The van der Waals surface area contributed by atoms with Crippen LogP contribution in [0.25, 0.3) is 0 Å². The Balaban J connectivity index is 2.66. The van der Waals surface area contributed by atoms with Crippen molar-refractivity contribution >= 4 is 23.4 Å². The van der Waals surface area contributed by atoms with Crippen LogP contribution in [0.2, 0.25) is 0 Å². The van der Waals surface area contributed by atoms with E-state index in [0.29, 0.717) is 17.0 Å². The Morgan fingerprint density at radius 2 is 2.11 bits per heavy atom. The molecule has 0 aliphatic heterocycles. The van der Waals surface area contributed by atoms with Gasteiger partial charge in [-0.2, -0.15) is 0 Å². The van der Waals surface area contributed by atoms with Crippen molar-refractivity contribution in [1.82, 2.24) is 14.9 Å². The maximum Gasteiger partial charge on any atom is 0.310 e. The SMILES string of the molecule is CCCc1nnsc1C(=O)NCC(C)(C)C(=O)O. The van der Waals surface area contributed by atoms with Gasteiger partial charge in [-0.1, -0.05) is 17.8 Å². The second-order valence-electron chi connectivity index (χ2n) is 4.67. The molecular weight excluding hydrogens is 254 g/mol. The Hall–Kier alpha value is -1.50. The van der Waals surface area contributed by atoms with Gasteiger partial charge in [-0.15, -0.1) is 5.10 Å². The molecule has 0 bridgehead atoms. The van der Waals surface area contributed by atoms with Crippen molar-refractivity contribution in [2.45, 2.75) is 33.6 Å². The minimum absolute atomic E-state index is 0.0740. The van der Waals surface area contributed by atoms with Gasteiger partial charge in [0.25, 0.3) is 5.91 Å². The lowest BCUT2D eigenvalue weighted by Crippen LogP contribution is -2.38. The molecular formula is C11H17N3O3S. The van der Waals surface area contributed by atoms with Gasteiger partial charge >= 0.3 is 5.97 Å². The van der Waals surface area contributed by atoms with Crippen molar-refractivity contribution in [2.24, 2.45) is 5.41 Å². The van der Waals surface area contributed by atoms with Crippen LogP contribution < -0.4 is 5.32 Å². The highest BCUT2D eigenvalue weighted by Crippen LogP contribution is 2.16. The lowest BCUT2D eigenvalue weighted by Gasteiger charge is -2.19. The van der Waals surface area contributed by atoms with Crippen LogP contribution in [-0.4, -0.2) is 33.1 Å². The topological polar surface area (TPSA) is 92.2 Å². The molecule has 0 fully saturated rings. The quantitative estimate of drug-likeness (QED) is 0.814. The van der Waals surface area contributed by atoms with Crippen molar-refractivity contribution in [3.63, 3.8) is 0 Å². The van der Waals surface area contributed by atoms with Gasteiger partial charge in [-0.25, -0.2) is 0 Å². The fourth-order valence-electron chi connectivity index (χ4n) is 1.24. The van der Waals surface area contributed by atoms with Crippen molar-refractivity contribution in [1.29, 1.82) is 0 Å². The van der Waals surface area contributed by atoms with E-state index in [1.54, 1.807) is 13.8 Å². The number of aryl methyl sites for hydroxylation is 1. The molecule has 18 heavy (non-hydrogen) atoms. The third kappa shape index (κ3) is 3.49. The molecule has 0 unspecified atom stereocenters. The first-order valence-electron chi connectivity index (χ1n) is 5.71. The molecule has 0 radical (unpaired) electrons. The fourth-order valence-corrected chi connectivity index (χ4v) is 1.86. The molecule has 0 spiro atoms. The molecule has 1 aromatic heterocycles. The van der Waals surface area contributed by atoms with E-state index in [-0.39, 0.29) is 12.5 Å². The molecule has 0 aromatic carbocycles. The maximum absolute atomic E-state index is 11.9. The number of amides is 1. The number of nitrogens with zero attached hydrogens (tertiary/aromatic N) is 2. The summed E-state index contributed by atoms with van der Waals surface area (Å²) in [5.74, 6) is -1.25. The van der Waals surface area contributed by atoms with E-state index < -0.39 is 11.4 Å². The number of nitrogens with one attached hydrogen (secondary N) is 1. The molecule has 100 valence electrons. The third-order valence-corrected chi connectivity index (χ3v) is 3.29. The number of carbonyl (C=O) groups is 2. The second kappa shape index (κ2) is 5.90. The summed E-state index contributed by atoms with van der Waals surface area (Å²) >= 11 is 1.04. The van der Waals surface area contributed by atoms with Crippen molar-refractivity contribution in [3.05, 3.63) is 10.6 Å². The number of aromatic nitrogens is 2. The van der Waals surface area contributed by atoms with Crippen molar-refractivity contribution in [2.75, 3.05) is 6.54 Å². The van der Waals surface area contributed by atoms with Gasteiger partial charge in [0.05, 0.1) is 11.1 Å². The van der Waals surface area contributed by atoms with E-state index in [4.69, 9.17) is 5.11 Å². The van der Waals surface area contributed by atoms with Gasteiger partial charge in [-0.3, -0.25) is 9.59 Å². The predicted molar refractivity (Wildman–Crippen MR) is 67.7 cm³/mol. The van der Waals surface area contributed by atoms with Crippen LogP contribution in [0.5, 0.6) is 0 Å². The standard InChI is InChI=1S/C11H17N3O3S/c1-4-5-7-8(18-14-13-7)9(15)12-6-11(2,3)10(16)17/h4-6H2,1-3H3,(H,12,15)(H,16,17). The first-order chi connectivity index (χ1) is 8.38. The number of carbonyl (C=O) groups excluding carboxylic acids is 1.